The van der Waals surface area contributed by atoms with Crippen molar-refractivity contribution < 1.29 is 18.6 Å². The van der Waals surface area contributed by atoms with Gasteiger partial charge in [-0.05, 0) is 37.5 Å². The topological polar surface area (TPSA) is 64.6 Å². The third-order valence-corrected chi connectivity index (χ3v) is 4.67. The van der Waals surface area contributed by atoms with Gasteiger partial charge in [0.15, 0.2) is 0 Å². The van der Waals surface area contributed by atoms with Crippen LogP contribution >= 0.6 is 29.9 Å². The summed E-state index contributed by atoms with van der Waals surface area (Å²) in [5.74, 6) is 0.596. The van der Waals surface area contributed by atoms with Crippen molar-refractivity contribution in [1.82, 2.24) is 5.09 Å². The molecule has 8 heteroatoms. The van der Waals surface area contributed by atoms with Gasteiger partial charge in [-0.15, -0.1) is 0 Å². The molecule has 0 saturated carbocycles. The molecule has 118 valence electrons. The van der Waals surface area contributed by atoms with E-state index in [-0.39, 0.29) is 6.61 Å². The third-order valence-electron chi connectivity index (χ3n) is 2.46. The second-order valence-corrected chi connectivity index (χ2v) is 7.82. The van der Waals surface area contributed by atoms with Gasteiger partial charge in [0.1, 0.15) is 11.8 Å². The first-order chi connectivity index (χ1) is 9.98. The molecule has 0 aromatic heterocycles. The molecule has 0 radical (unpaired) electrons. The highest BCUT2D eigenvalue weighted by atomic mass is 35.7. The SMILES string of the molecule is CCOC(=O)[C@H](CCSC)NP(=O)(Cl)Oc1ccccc1. The Balaban J connectivity index is 2.70. The summed E-state index contributed by atoms with van der Waals surface area (Å²) in [6.45, 7) is -1.71. The largest absolute Gasteiger partial charge is 0.465 e. The first kappa shape index (κ1) is 18.4. The Hall–Kier alpha value is -0.680. The number of carbonyl (C=O) groups excluding carboxylic acids is 1. The van der Waals surface area contributed by atoms with E-state index in [9.17, 15) is 9.36 Å². The van der Waals surface area contributed by atoms with Crippen LogP contribution in [0.2, 0.25) is 0 Å². The van der Waals surface area contributed by atoms with E-state index < -0.39 is 18.9 Å². The molecular weight excluding hydrogens is 333 g/mol. The molecule has 0 amide bonds. The van der Waals surface area contributed by atoms with Gasteiger partial charge in [0.2, 0.25) is 0 Å². The van der Waals surface area contributed by atoms with Crippen molar-refractivity contribution in [2.75, 3.05) is 18.6 Å². The summed E-state index contributed by atoms with van der Waals surface area (Å²) in [7, 11) is 0. The molecule has 0 saturated heterocycles. The Kier molecular flexibility index (Phi) is 8.19. The predicted octanol–water partition coefficient (Wildman–Crippen LogP) is 3.69. The smallest absolute Gasteiger partial charge is 0.409 e. The Morgan fingerprint density at radius 1 is 1.43 bits per heavy atom. The van der Waals surface area contributed by atoms with Crippen LogP contribution < -0.4 is 9.61 Å². The zero-order valence-corrected chi connectivity index (χ0v) is 14.4. The van der Waals surface area contributed by atoms with Gasteiger partial charge in [-0.1, -0.05) is 18.2 Å². The summed E-state index contributed by atoms with van der Waals surface area (Å²) in [6.07, 6.45) is 2.37. The number of nitrogens with one attached hydrogen (secondary N) is 1. The molecule has 0 spiro atoms. The van der Waals surface area contributed by atoms with Gasteiger partial charge in [0.05, 0.1) is 6.61 Å². The lowest BCUT2D eigenvalue weighted by Gasteiger charge is -2.20. The minimum atomic E-state index is -3.68. The van der Waals surface area contributed by atoms with Crippen LogP contribution in [-0.4, -0.2) is 30.6 Å². The van der Waals surface area contributed by atoms with E-state index >= 15 is 0 Å². The van der Waals surface area contributed by atoms with Gasteiger partial charge in [-0.2, -0.15) is 11.8 Å². The van der Waals surface area contributed by atoms with Crippen LogP contribution in [0.3, 0.4) is 0 Å². The van der Waals surface area contributed by atoms with Crippen LogP contribution in [0.25, 0.3) is 0 Å². The molecule has 0 bridgehead atoms. The van der Waals surface area contributed by atoms with Crippen LogP contribution in [0.1, 0.15) is 13.3 Å². The van der Waals surface area contributed by atoms with Gasteiger partial charge in [-0.3, -0.25) is 4.79 Å². The van der Waals surface area contributed by atoms with E-state index in [2.05, 4.69) is 5.09 Å². The number of hydrogen-bond donors (Lipinski definition) is 1. The van der Waals surface area contributed by atoms with E-state index in [1.54, 1.807) is 49.0 Å². The number of benzene rings is 1. The van der Waals surface area contributed by atoms with Gasteiger partial charge in [-0.25, -0.2) is 9.65 Å². The number of para-hydroxylation sites is 1. The maximum absolute atomic E-state index is 12.3. The number of esters is 1. The average molecular weight is 352 g/mol. The van der Waals surface area contributed by atoms with Gasteiger partial charge >= 0.3 is 12.8 Å². The quantitative estimate of drug-likeness (QED) is 0.540. The van der Waals surface area contributed by atoms with Crippen molar-refractivity contribution in [2.45, 2.75) is 19.4 Å². The molecule has 2 atom stereocenters. The summed E-state index contributed by atoms with van der Waals surface area (Å²) < 4.78 is 22.5. The summed E-state index contributed by atoms with van der Waals surface area (Å²) in [5, 5.41) is 2.57. The number of thioether (sulfide) groups is 1. The standard InChI is InChI=1S/C13H19ClNO4PS/c1-3-18-13(16)12(9-10-21-2)15-20(14,17)19-11-7-5-4-6-8-11/h4-8,12H,3,9-10H2,1-2H3,(H,15,17)/t12-,20?/m0/s1. The van der Waals surface area contributed by atoms with Crippen molar-refractivity contribution in [2.24, 2.45) is 0 Å². The van der Waals surface area contributed by atoms with Crippen molar-refractivity contribution in [1.29, 1.82) is 0 Å². The fraction of sp³-hybridized carbons (Fsp3) is 0.462. The number of hydrogen-bond acceptors (Lipinski definition) is 5. The second-order valence-electron chi connectivity index (χ2n) is 4.10. The molecule has 1 unspecified atom stereocenters. The van der Waals surface area contributed by atoms with E-state index in [1.165, 1.54) is 0 Å². The maximum atomic E-state index is 12.3. The Morgan fingerprint density at radius 3 is 2.67 bits per heavy atom. The minimum Gasteiger partial charge on any atom is -0.465 e. The van der Waals surface area contributed by atoms with Crippen molar-refractivity contribution >= 4 is 35.8 Å². The Morgan fingerprint density at radius 2 is 2.10 bits per heavy atom. The summed E-state index contributed by atoms with van der Waals surface area (Å²) in [5.41, 5.74) is 0. The highest BCUT2D eigenvalue weighted by Crippen LogP contribution is 2.48. The molecule has 0 heterocycles. The van der Waals surface area contributed by atoms with E-state index in [0.29, 0.717) is 17.9 Å². The number of halogens is 1. The lowest BCUT2D eigenvalue weighted by atomic mass is 10.2. The van der Waals surface area contributed by atoms with Crippen LogP contribution in [0.4, 0.5) is 0 Å². The molecule has 1 aromatic rings. The fourth-order valence-electron chi connectivity index (χ4n) is 1.54. The van der Waals surface area contributed by atoms with E-state index in [1.807, 2.05) is 6.26 Å². The second kappa shape index (κ2) is 9.36. The van der Waals surface area contributed by atoms with Gasteiger partial charge < -0.3 is 9.26 Å². The normalized spacial score (nSPS) is 15.0. The predicted molar refractivity (Wildman–Crippen MR) is 87.1 cm³/mol. The van der Waals surface area contributed by atoms with Crippen molar-refractivity contribution in [3.63, 3.8) is 0 Å². The molecule has 0 aliphatic rings. The third kappa shape index (κ3) is 7.23. The minimum absolute atomic E-state index is 0.252. The molecular formula is C13H19ClNO4PS. The number of rotatable bonds is 9. The van der Waals surface area contributed by atoms with Gasteiger partial charge in [0, 0.05) is 11.2 Å². The molecule has 5 nitrogen and oxygen atoms in total. The molecule has 1 rings (SSSR count). The molecule has 0 fully saturated rings. The van der Waals surface area contributed by atoms with Crippen LogP contribution in [0, 0.1) is 0 Å². The zero-order chi connectivity index (χ0) is 15.7. The lowest BCUT2D eigenvalue weighted by molar-refractivity contribution is -0.145. The summed E-state index contributed by atoms with van der Waals surface area (Å²) >= 11 is 7.47. The van der Waals surface area contributed by atoms with Crippen molar-refractivity contribution in [3.05, 3.63) is 30.3 Å². The van der Waals surface area contributed by atoms with Gasteiger partial charge in [0.25, 0.3) is 0 Å². The summed E-state index contributed by atoms with van der Waals surface area (Å²) in [4.78, 5) is 11.8. The molecule has 0 aliphatic heterocycles. The van der Waals surface area contributed by atoms with Crippen LogP contribution in [0.5, 0.6) is 5.75 Å². The first-order valence-corrected chi connectivity index (χ1v) is 10.4. The molecule has 1 N–H and O–H groups in total. The number of ether oxygens (including phenoxy) is 1. The highest BCUT2D eigenvalue weighted by molar-refractivity contribution is 7.98. The van der Waals surface area contributed by atoms with E-state index in [4.69, 9.17) is 20.5 Å². The molecule has 0 aliphatic carbocycles. The van der Waals surface area contributed by atoms with Crippen LogP contribution in [0.15, 0.2) is 30.3 Å². The molecule has 1 aromatic carbocycles. The lowest BCUT2D eigenvalue weighted by Crippen LogP contribution is -2.36. The highest BCUT2D eigenvalue weighted by Gasteiger charge is 2.30. The van der Waals surface area contributed by atoms with Crippen LogP contribution in [-0.2, 0) is 14.1 Å². The fourth-order valence-corrected chi connectivity index (χ4v) is 3.66. The number of carbonyl (C=O) groups is 1. The zero-order valence-electron chi connectivity index (χ0n) is 12.0. The average Bonchev–Trinajstić information content (AvgIpc) is 2.44. The monoisotopic (exact) mass is 351 g/mol. The Labute approximate surface area is 134 Å². The summed E-state index contributed by atoms with van der Waals surface area (Å²) in [6, 6.07) is 7.80. The first-order valence-electron chi connectivity index (χ1n) is 6.46. The molecule has 21 heavy (non-hydrogen) atoms. The van der Waals surface area contributed by atoms with Crippen molar-refractivity contribution in [3.8, 4) is 5.75 Å². The Bertz CT molecular complexity index is 488. The maximum Gasteiger partial charge on any atom is 0.409 e. The van der Waals surface area contributed by atoms with E-state index in [0.717, 1.165) is 0 Å².